The van der Waals surface area contributed by atoms with E-state index in [1.54, 1.807) is 6.20 Å². The summed E-state index contributed by atoms with van der Waals surface area (Å²) in [4.78, 5) is 33.0. The van der Waals surface area contributed by atoms with Crippen molar-refractivity contribution in [3.8, 4) is 0 Å². The molecule has 3 rings (SSSR count). The van der Waals surface area contributed by atoms with Gasteiger partial charge in [0.25, 0.3) is 0 Å². The van der Waals surface area contributed by atoms with E-state index in [1.165, 1.54) is 0 Å². The number of amides is 2. The Morgan fingerprint density at radius 3 is 2.32 bits per heavy atom. The number of nitrogens with one attached hydrogen (secondary N) is 1. The van der Waals surface area contributed by atoms with Gasteiger partial charge in [0, 0.05) is 32.6 Å². The van der Waals surface area contributed by atoms with Crippen molar-refractivity contribution >= 4 is 23.3 Å². The van der Waals surface area contributed by atoms with Crippen molar-refractivity contribution < 1.29 is 9.59 Å². The van der Waals surface area contributed by atoms with Gasteiger partial charge >= 0.3 is 0 Å². The number of hydrogen-bond donors (Lipinski definition) is 1. The largest absolute Gasteiger partial charge is 0.353 e. The van der Waals surface area contributed by atoms with E-state index < -0.39 is 0 Å². The number of carbonyl (C=O) groups excluding carboxylic acids is 2. The second-order valence-electron chi connectivity index (χ2n) is 6.99. The minimum absolute atomic E-state index is 0.0186. The molecule has 1 atom stereocenters. The number of pyridine rings is 1. The molecule has 0 radical (unpaired) electrons. The van der Waals surface area contributed by atoms with Crippen LogP contribution in [0.5, 0.6) is 0 Å². The summed E-state index contributed by atoms with van der Waals surface area (Å²) in [5.74, 6) is 0.881. The number of hydrogen-bond acceptors (Lipinski definition) is 4. The van der Waals surface area contributed by atoms with Crippen molar-refractivity contribution in [3.63, 3.8) is 0 Å². The fraction of sp³-hybridized carbons (Fsp3) is 0.409. The normalized spacial score (nSPS) is 15.2. The van der Waals surface area contributed by atoms with E-state index in [4.69, 9.17) is 0 Å². The zero-order valence-electron chi connectivity index (χ0n) is 16.6. The molecule has 1 fully saturated rings. The van der Waals surface area contributed by atoms with E-state index in [0.717, 1.165) is 44.0 Å². The van der Waals surface area contributed by atoms with Gasteiger partial charge in [-0.3, -0.25) is 9.59 Å². The highest BCUT2D eigenvalue weighted by molar-refractivity contribution is 5.95. The van der Waals surface area contributed by atoms with Gasteiger partial charge in [-0.2, -0.15) is 0 Å². The van der Waals surface area contributed by atoms with Crippen LogP contribution in [0, 0.1) is 0 Å². The summed E-state index contributed by atoms with van der Waals surface area (Å²) in [5, 5.41) is 2.98. The molecule has 0 bridgehead atoms. The molecule has 6 heteroatoms. The first kappa shape index (κ1) is 19.9. The van der Waals surface area contributed by atoms with Crippen molar-refractivity contribution in [1.29, 1.82) is 0 Å². The zero-order valence-corrected chi connectivity index (χ0v) is 16.6. The Labute approximate surface area is 166 Å². The van der Waals surface area contributed by atoms with Crippen LogP contribution in [0.4, 0.5) is 11.5 Å². The fourth-order valence-corrected chi connectivity index (χ4v) is 3.54. The predicted octanol–water partition coefficient (Wildman–Crippen LogP) is 3.27. The Hall–Kier alpha value is -2.89. The fourth-order valence-electron chi connectivity index (χ4n) is 3.54. The van der Waals surface area contributed by atoms with Crippen LogP contribution in [0.25, 0.3) is 0 Å². The summed E-state index contributed by atoms with van der Waals surface area (Å²) in [6.07, 6.45) is 2.99. The summed E-state index contributed by atoms with van der Waals surface area (Å²) in [6, 6.07) is 13.6. The van der Waals surface area contributed by atoms with Gasteiger partial charge < -0.3 is 15.1 Å². The van der Waals surface area contributed by atoms with Gasteiger partial charge in [-0.25, -0.2) is 4.98 Å². The highest BCUT2D eigenvalue weighted by atomic mass is 16.2. The SMILES string of the molecule is CCC(=O)N1CCN(c2ccc(NC(=O)[C@@H](CC)c3ccccc3)cn2)CC1. The number of carbonyl (C=O) groups is 2. The van der Waals surface area contributed by atoms with Gasteiger partial charge in [0.2, 0.25) is 11.8 Å². The molecule has 1 aliphatic heterocycles. The molecule has 1 aromatic carbocycles. The van der Waals surface area contributed by atoms with Crippen LogP contribution in [0.15, 0.2) is 48.7 Å². The van der Waals surface area contributed by atoms with Crippen molar-refractivity contribution in [3.05, 3.63) is 54.2 Å². The Bertz CT molecular complexity index is 784. The third kappa shape index (κ3) is 4.68. The van der Waals surface area contributed by atoms with Crippen LogP contribution in [0.1, 0.15) is 38.2 Å². The summed E-state index contributed by atoms with van der Waals surface area (Å²) in [5.41, 5.74) is 1.72. The van der Waals surface area contributed by atoms with E-state index in [0.29, 0.717) is 12.1 Å². The van der Waals surface area contributed by atoms with Crippen molar-refractivity contribution in [1.82, 2.24) is 9.88 Å². The molecule has 148 valence electrons. The molecule has 1 aliphatic rings. The molecule has 2 amide bonds. The van der Waals surface area contributed by atoms with E-state index >= 15 is 0 Å². The second kappa shape index (κ2) is 9.35. The maximum absolute atomic E-state index is 12.7. The number of aromatic nitrogens is 1. The summed E-state index contributed by atoms with van der Waals surface area (Å²) < 4.78 is 0. The van der Waals surface area contributed by atoms with Gasteiger partial charge in [-0.05, 0) is 24.1 Å². The molecular formula is C22H28N4O2. The topological polar surface area (TPSA) is 65.5 Å². The van der Waals surface area contributed by atoms with Crippen LogP contribution in [0.3, 0.4) is 0 Å². The lowest BCUT2D eigenvalue weighted by Crippen LogP contribution is -2.48. The molecule has 1 N–H and O–H groups in total. The van der Waals surface area contributed by atoms with E-state index in [1.807, 2.05) is 61.2 Å². The number of nitrogens with zero attached hydrogens (tertiary/aromatic N) is 3. The smallest absolute Gasteiger partial charge is 0.231 e. The quantitative estimate of drug-likeness (QED) is 0.835. The molecule has 6 nitrogen and oxygen atoms in total. The Morgan fingerprint density at radius 2 is 1.75 bits per heavy atom. The van der Waals surface area contributed by atoms with Crippen molar-refractivity contribution in [2.24, 2.45) is 0 Å². The van der Waals surface area contributed by atoms with Crippen molar-refractivity contribution in [2.45, 2.75) is 32.6 Å². The summed E-state index contributed by atoms with van der Waals surface area (Å²) >= 11 is 0. The molecular weight excluding hydrogens is 352 g/mol. The van der Waals surface area contributed by atoms with Gasteiger partial charge in [0.1, 0.15) is 5.82 Å². The second-order valence-corrected chi connectivity index (χ2v) is 6.99. The third-order valence-corrected chi connectivity index (χ3v) is 5.20. The minimum atomic E-state index is -0.176. The maximum atomic E-state index is 12.7. The Balaban J connectivity index is 1.59. The first-order valence-electron chi connectivity index (χ1n) is 9.97. The number of rotatable bonds is 6. The highest BCUT2D eigenvalue weighted by Gasteiger charge is 2.21. The molecule has 2 heterocycles. The van der Waals surface area contributed by atoms with Gasteiger partial charge in [-0.15, -0.1) is 0 Å². The molecule has 28 heavy (non-hydrogen) atoms. The maximum Gasteiger partial charge on any atom is 0.231 e. The molecule has 0 spiro atoms. The summed E-state index contributed by atoms with van der Waals surface area (Å²) in [7, 11) is 0. The van der Waals surface area contributed by atoms with E-state index in [9.17, 15) is 9.59 Å². The van der Waals surface area contributed by atoms with Crippen LogP contribution < -0.4 is 10.2 Å². The lowest BCUT2D eigenvalue weighted by atomic mass is 9.95. The first-order chi connectivity index (χ1) is 13.6. The molecule has 2 aromatic rings. The molecule has 0 aliphatic carbocycles. The van der Waals surface area contributed by atoms with Crippen LogP contribution in [-0.4, -0.2) is 47.9 Å². The van der Waals surface area contributed by atoms with Crippen LogP contribution >= 0.6 is 0 Å². The number of anilines is 2. The minimum Gasteiger partial charge on any atom is -0.353 e. The Kier molecular flexibility index (Phi) is 6.63. The van der Waals surface area contributed by atoms with E-state index in [-0.39, 0.29) is 17.7 Å². The van der Waals surface area contributed by atoms with Crippen molar-refractivity contribution in [2.75, 3.05) is 36.4 Å². The molecule has 0 unspecified atom stereocenters. The summed E-state index contributed by atoms with van der Waals surface area (Å²) in [6.45, 7) is 6.91. The lowest BCUT2D eigenvalue weighted by molar-refractivity contribution is -0.131. The number of piperazine rings is 1. The predicted molar refractivity (Wildman–Crippen MR) is 111 cm³/mol. The molecule has 1 aromatic heterocycles. The average Bonchev–Trinajstić information content (AvgIpc) is 2.75. The first-order valence-corrected chi connectivity index (χ1v) is 9.97. The number of benzene rings is 1. The van der Waals surface area contributed by atoms with Crippen LogP contribution in [0.2, 0.25) is 0 Å². The Morgan fingerprint density at radius 1 is 1.04 bits per heavy atom. The van der Waals surface area contributed by atoms with Gasteiger partial charge in [0.15, 0.2) is 0 Å². The highest BCUT2D eigenvalue weighted by Crippen LogP contribution is 2.22. The standard InChI is InChI=1S/C22H28N4O2/c1-3-19(17-8-6-5-7-9-17)22(28)24-18-10-11-20(23-16-18)25-12-14-26(15-13-25)21(27)4-2/h5-11,16,19H,3-4,12-15H2,1-2H3,(H,24,28)/t19-/m0/s1. The zero-order chi connectivity index (χ0) is 19.9. The molecule has 1 saturated heterocycles. The van der Waals surface area contributed by atoms with E-state index in [2.05, 4.69) is 15.2 Å². The van der Waals surface area contributed by atoms with Gasteiger partial charge in [-0.1, -0.05) is 44.2 Å². The molecule has 0 saturated carbocycles. The lowest BCUT2D eigenvalue weighted by Gasteiger charge is -2.35. The third-order valence-electron chi connectivity index (χ3n) is 5.20. The van der Waals surface area contributed by atoms with Gasteiger partial charge in [0.05, 0.1) is 17.8 Å². The van der Waals surface area contributed by atoms with Crippen LogP contribution in [-0.2, 0) is 9.59 Å². The average molecular weight is 380 g/mol. The monoisotopic (exact) mass is 380 g/mol.